The molecule has 104 valence electrons. The summed E-state index contributed by atoms with van der Waals surface area (Å²) in [5, 5.41) is 9.21. The highest BCUT2D eigenvalue weighted by atomic mass is 16.1. The molecule has 0 aliphatic rings. The zero-order valence-electron chi connectivity index (χ0n) is 12.0. The van der Waals surface area contributed by atoms with Crippen molar-refractivity contribution >= 4 is 11.6 Å². The summed E-state index contributed by atoms with van der Waals surface area (Å²) in [7, 11) is 0. The molecule has 0 radical (unpaired) electrons. The van der Waals surface area contributed by atoms with Gasteiger partial charge in [-0.05, 0) is 13.8 Å². The molecule has 3 heteroatoms. The average molecular weight is 277 g/mol. The summed E-state index contributed by atoms with van der Waals surface area (Å²) in [6.45, 7) is 3.82. The average Bonchev–Trinajstić information content (AvgIpc) is 2.49. The Labute approximate surface area is 123 Å². The number of rotatable bonds is 4. The largest absolute Gasteiger partial charge is 0.292 e. The molecule has 0 amide bonds. The lowest BCUT2D eigenvalue weighted by molar-refractivity contribution is 0.0846. The number of nitrogens with zero attached hydrogens (tertiary/aromatic N) is 1. The molecule has 0 atom stereocenters. The maximum atomic E-state index is 12.3. The molecule has 0 aromatic heterocycles. The SMILES string of the molecule is Cc1ccc(C(=O)C(C#N)C(=O)c2ccc(C)cc2)cc1. The number of aryl methyl sites for hydroxylation is 2. The molecule has 2 aromatic carbocycles. The number of hydrogen-bond acceptors (Lipinski definition) is 3. The van der Waals surface area contributed by atoms with E-state index in [1.54, 1.807) is 48.5 Å². The van der Waals surface area contributed by atoms with Crippen molar-refractivity contribution in [2.45, 2.75) is 13.8 Å². The summed E-state index contributed by atoms with van der Waals surface area (Å²) in [5.41, 5.74) is 2.80. The quantitative estimate of drug-likeness (QED) is 0.634. The molecule has 2 aromatic rings. The Bertz CT molecular complexity index is 649. The second-order valence-corrected chi connectivity index (χ2v) is 5.02. The molecular formula is C18H15NO2. The van der Waals surface area contributed by atoms with Crippen LogP contribution in [0.5, 0.6) is 0 Å². The molecule has 3 nitrogen and oxygen atoms in total. The van der Waals surface area contributed by atoms with Crippen LogP contribution in [0.15, 0.2) is 48.5 Å². The maximum absolute atomic E-state index is 12.3. The van der Waals surface area contributed by atoms with Gasteiger partial charge >= 0.3 is 0 Å². The van der Waals surface area contributed by atoms with E-state index in [1.807, 2.05) is 19.9 Å². The molecule has 0 aliphatic carbocycles. The Balaban J connectivity index is 2.29. The third-order valence-electron chi connectivity index (χ3n) is 3.33. The molecule has 21 heavy (non-hydrogen) atoms. The molecule has 0 fully saturated rings. The predicted molar refractivity (Wildman–Crippen MR) is 80.1 cm³/mol. The lowest BCUT2D eigenvalue weighted by Crippen LogP contribution is -2.23. The molecule has 0 saturated carbocycles. The van der Waals surface area contributed by atoms with Gasteiger partial charge in [-0.2, -0.15) is 5.26 Å². The molecule has 2 rings (SSSR count). The monoisotopic (exact) mass is 277 g/mol. The van der Waals surface area contributed by atoms with Gasteiger partial charge in [0.1, 0.15) is 0 Å². The third kappa shape index (κ3) is 3.24. The van der Waals surface area contributed by atoms with Crippen molar-refractivity contribution in [2.24, 2.45) is 5.92 Å². The van der Waals surface area contributed by atoms with Gasteiger partial charge in [0, 0.05) is 11.1 Å². The number of hydrogen-bond donors (Lipinski definition) is 0. The van der Waals surface area contributed by atoms with Gasteiger partial charge in [-0.25, -0.2) is 0 Å². The maximum Gasteiger partial charge on any atom is 0.187 e. The number of Topliss-reactive ketones (excluding diaryl/α,β-unsaturated/α-hetero) is 2. The van der Waals surface area contributed by atoms with Gasteiger partial charge in [-0.15, -0.1) is 0 Å². The van der Waals surface area contributed by atoms with Gasteiger partial charge in [-0.3, -0.25) is 9.59 Å². The summed E-state index contributed by atoms with van der Waals surface area (Å²) >= 11 is 0. The van der Waals surface area contributed by atoms with Crippen LogP contribution in [0.4, 0.5) is 0 Å². The number of carbonyl (C=O) groups excluding carboxylic acids is 2. The predicted octanol–water partition coefficient (Wildman–Crippen LogP) is 3.51. The van der Waals surface area contributed by atoms with Crippen molar-refractivity contribution in [3.05, 3.63) is 70.8 Å². The van der Waals surface area contributed by atoms with E-state index in [0.29, 0.717) is 11.1 Å². The fourth-order valence-corrected chi connectivity index (χ4v) is 2.01. The van der Waals surface area contributed by atoms with Crippen LogP contribution in [0.2, 0.25) is 0 Å². The smallest absolute Gasteiger partial charge is 0.187 e. The highest BCUT2D eigenvalue weighted by Crippen LogP contribution is 2.16. The number of benzene rings is 2. The van der Waals surface area contributed by atoms with Crippen molar-refractivity contribution in [3.63, 3.8) is 0 Å². The molecule has 0 unspecified atom stereocenters. The molecule has 0 heterocycles. The van der Waals surface area contributed by atoms with E-state index in [9.17, 15) is 14.9 Å². The van der Waals surface area contributed by atoms with Crippen molar-refractivity contribution < 1.29 is 9.59 Å². The molecule has 0 saturated heterocycles. The Morgan fingerprint density at radius 2 is 1.14 bits per heavy atom. The van der Waals surface area contributed by atoms with Crippen LogP contribution in [-0.2, 0) is 0 Å². The van der Waals surface area contributed by atoms with Crippen LogP contribution >= 0.6 is 0 Å². The first kappa shape index (κ1) is 14.7. The van der Waals surface area contributed by atoms with Crippen LogP contribution in [0.25, 0.3) is 0 Å². The van der Waals surface area contributed by atoms with Crippen LogP contribution in [0.3, 0.4) is 0 Å². The van der Waals surface area contributed by atoms with Gasteiger partial charge in [0.05, 0.1) is 6.07 Å². The summed E-state index contributed by atoms with van der Waals surface area (Å²) in [4.78, 5) is 24.7. The number of nitriles is 1. The van der Waals surface area contributed by atoms with Gasteiger partial charge in [-0.1, -0.05) is 59.7 Å². The molecule has 0 bridgehead atoms. The fraction of sp³-hybridized carbons (Fsp3) is 0.167. The van der Waals surface area contributed by atoms with Gasteiger partial charge in [0.25, 0.3) is 0 Å². The molecule has 0 spiro atoms. The third-order valence-corrected chi connectivity index (χ3v) is 3.33. The summed E-state index contributed by atoms with van der Waals surface area (Å²) < 4.78 is 0. The number of carbonyl (C=O) groups is 2. The zero-order valence-corrected chi connectivity index (χ0v) is 12.0. The first-order valence-corrected chi connectivity index (χ1v) is 6.64. The van der Waals surface area contributed by atoms with E-state index in [0.717, 1.165) is 11.1 Å². The van der Waals surface area contributed by atoms with Crippen LogP contribution in [0, 0.1) is 31.1 Å². The standard InChI is InChI=1S/C18H15NO2/c1-12-3-7-14(8-4-12)17(20)16(11-19)18(21)15-9-5-13(2)6-10-15/h3-10,16H,1-2H3. The summed E-state index contributed by atoms with van der Waals surface area (Å²) in [6, 6.07) is 15.6. The van der Waals surface area contributed by atoms with Crippen molar-refractivity contribution in [1.29, 1.82) is 5.26 Å². The Morgan fingerprint density at radius 1 is 0.810 bits per heavy atom. The summed E-state index contributed by atoms with van der Waals surface area (Å²) in [6.07, 6.45) is 0. The van der Waals surface area contributed by atoms with E-state index in [2.05, 4.69) is 0 Å². The molecule has 0 N–H and O–H groups in total. The highest BCUT2D eigenvalue weighted by Gasteiger charge is 2.28. The Hall–Kier alpha value is -2.73. The van der Waals surface area contributed by atoms with Crippen LogP contribution in [-0.4, -0.2) is 11.6 Å². The second kappa shape index (κ2) is 6.15. The van der Waals surface area contributed by atoms with Gasteiger partial charge < -0.3 is 0 Å². The Kier molecular flexibility index (Phi) is 4.30. The Morgan fingerprint density at radius 3 is 1.43 bits per heavy atom. The van der Waals surface area contributed by atoms with Crippen molar-refractivity contribution in [2.75, 3.05) is 0 Å². The fourth-order valence-electron chi connectivity index (χ4n) is 2.01. The minimum Gasteiger partial charge on any atom is -0.292 e. The normalized spacial score (nSPS) is 10.2. The zero-order chi connectivity index (χ0) is 15.4. The van der Waals surface area contributed by atoms with Crippen molar-refractivity contribution in [1.82, 2.24) is 0 Å². The van der Waals surface area contributed by atoms with Crippen molar-refractivity contribution in [3.8, 4) is 6.07 Å². The minimum absolute atomic E-state index is 0.382. The van der Waals surface area contributed by atoms with Crippen LogP contribution < -0.4 is 0 Å². The lowest BCUT2D eigenvalue weighted by Gasteiger charge is -2.08. The van der Waals surface area contributed by atoms with E-state index in [1.165, 1.54) is 0 Å². The topological polar surface area (TPSA) is 57.9 Å². The molecule has 0 aliphatic heterocycles. The highest BCUT2D eigenvalue weighted by molar-refractivity contribution is 6.17. The second-order valence-electron chi connectivity index (χ2n) is 5.02. The van der Waals surface area contributed by atoms with Crippen LogP contribution in [0.1, 0.15) is 31.8 Å². The number of ketones is 2. The van der Waals surface area contributed by atoms with E-state index in [4.69, 9.17) is 0 Å². The van der Waals surface area contributed by atoms with E-state index in [-0.39, 0.29) is 0 Å². The van der Waals surface area contributed by atoms with E-state index < -0.39 is 17.5 Å². The molecular weight excluding hydrogens is 262 g/mol. The minimum atomic E-state index is -1.30. The van der Waals surface area contributed by atoms with E-state index >= 15 is 0 Å². The van der Waals surface area contributed by atoms with Gasteiger partial charge in [0.15, 0.2) is 17.5 Å². The van der Waals surface area contributed by atoms with Gasteiger partial charge in [0.2, 0.25) is 0 Å². The first-order valence-electron chi connectivity index (χ1n) is 6.64. The lowest BCUT2D eigenvalue weighted by atomic mass is 9.90. The first-order chi connectivity index (χ1) is 10.0. The summed E-state index contributed by atoms with van der Waals surface area (Å²) in [5.74, 6) is -2.21.